The molecule has 3 nitrogen and oxygen atoms in total. The predicted molar refractivity (Wildman–Crippen MR) is 66.0 cm³/mol. The molecule has 6 heteroatoms. The molecule has 0 heterocycles. The second kappa shape index (κ2) is 7.35. The first-order chi connectivity index (χ1) is 8.88. The van der Waals surface area contributed by atoms with Gasteiger partial charge in [0.25, 0.3) is 0 Å². The zero-order valence-electron chi connectivity index (χ0n) is 10.7. The van der Waals surface area contributed by atoms with Crippen LogP contribution in [0, 0.1) is 0 Å². The molecule has 0 saturated carbocycles. The van der Waals surface area contributed by atoms with Crippen molar-refractivity contribution < 1.29 is 22.6 Å². The number of hydrogen-bond acceptors (Lipinski definition) is 3. The highest BCUT2D eigenvalue weighted by atomic mass is 19.4. The van der Waals surface area contributed by atoms with Gasteiger partial charge in [0.2, 0.25) is 0 Å². The summed E-state index contributed by atoms with van der Waals surface area (Å²) in [4.78, 5) is 0. The van der Waals surface area contributed by atoms with Crippen molar-refractivity contribution in [1.82, 2.24) is 0 Å². The first-order valence-corrected chi connectivity index (χ1v) is 6.01. The summed E-state index contributed by atoms with van der Waals surface area (Å²) in [5, 5.41) is 0. The van der Waals surface area contributed by atoms with Crippen molar-refractivity contribution in [3.05, 3.63) is 29.8 Å². The third-order valence-corrected chi connectivity index (χ3v) is 2.37. The van der Waals surface area contributed by atoms with Gasteiger partial charge in [-0.25, -0.2) is 0 Å². The minimum absolute atomic E-state index is 0.0252. The Labute approximate surface area is 110 Å². The van der Waals surface area contributed by atoms with Crippen LogP contribution in [0.3, 0.4) is 0 Å². The van der Waals surface area contributed by atoms with Gasteiger partial charge >= 0.3 is 6.18 Å². The van der Waals surface area contributed by atoms with Crippen molar-refractivity contribution in [3.8, 4) is 5.75 Å². The van der Waals surface area contributed by atoms with Gasteiger partial charge in [-0.2, -0.15) is 13.2 Å². The lowest BCUT2D eigenvalue weighted by Gasteiger charge is -2.10. The molecule has 0 fully saturated rings. The van der Waals surface area contributed by atoms with Crippen LogP contribution >= 0.6 is 0 Å². The number of benzene rings is 1. The molecule has 108 valence electrons. The van der Waals surface area contributed by atoms with Gasteiger partial charge in [-0.15, -0.1) is 0 Å². The lowest BCUT2D eigenvalue weighted by atomic mass is 10.1. The molecule has 1 aromatic rings. The third-order valence-electron chi connectivity index (χ3n) is 2.37. The highest BCUT2D eigenvalue weighted by Gasteiger charge is 2.27. The molecule has 0 aromatic heterocycles. The van der Waals surface area contributed by atoms with Crippen LogP contribution in [0.4, 0.5) is 13.2 Å². The van der Waals surface area contributed by atoms with E-state index < -0.39 is 12.8 Å². The van der Waals surface area contributed by atoms with E-state index in [1.165, 1.54) is 0 Å². The summed E-state index contributed by atoms with van der Waals surface area (Å²) in [6.07, 6.45) is -3.86. The van der Waals surface area contributed by atoms with E-state index in [1.807, 2.05) is 19.1 Å². The van der Waals surface area contributed by atoms with E-state index in [2.05, 4.69) is 4.74 Å². The van der Waals surface area contributed by atoms with Crippen molar-refractivity contribution in [3.63, 3.8) is 0 Å². The molecular formula is C13H18F3NO2. The molecule has 0 amide bonds. The maximum atomic E-state index is 11.8. The number of nitrogens with two attached hydrogens (primary N) is 1. The molecule has 0 radical (unpaired) electrons. The fourth-order valence-electron chi connectivity index (χ4n) is 1.41. The van der Waals surface area contributed by atoms with E-state index in [4.69, 9.17) is 10.5 Å². The van der Waals surface area contributed by atoms with Crippen molar-refractivity contribution in [1.29, 1.82) is 0 Å². The maximum absolute atomic E-state index is 11.8. The minimum atomic E-state index is -4.27. The SMILES string of the molecule is C[C@H](N)c1ccc(OCCCOCC(F)(F)F)cc1. The fraction of sp³-hybridized carbons (Fsp3) is 0.538. The highest BCUT2D eigenvalue weighted by Crippen LogP contribution is 2.16. The zero-order valence-corrected chi connectivity index (χ0v) is 10.7. The summed E-state index contributed by atoms with van der Waals surface area (Å²) >= 11 is 0. The van der Waals surface area contributed by atoms with E-state index in [9.17, 15) is 13.2 Å². The summed E-state index contributed by atoms with van der Waals surface area (Å²) in [6, 6.07) is 7.26. The van der Waals surface area contributed by atoms with Gasteiger partial charge in [-0.05, 0) is 24.6 Å². The van der Waals surface area contributed by atoms with E-state index in [0.717, 1.165) is 5.56 Å². The van der Waals surface area contributed by atoms with Gasteiger partial charge in [0, 0.05) is 12.5 Å². The van der Waals surface area contributed by atoms with Crippen LogP contribution in [0.5, 0.6) is 5.75 Å². The zero-order chi connectivity index (χ0) is 14.3. The van der Waals surface area contributed by atoms with Crippen LogP contribution in [0.1, 0.15) is 24.9 Å². The Morgan fingerprint density at radius 2 is 1.79 bits per heavy atom. The molecular weight excluding hydrogens is 259 g/mol. The molecule has 1 atom stereocenters. The van der Waals surface area contributed by atoms with Crippen LogP contribution < -0.4 is 10.5 Å². The number of alkyl halides is 3. The Kier molecular flexibility index (Phi) is 6.11. The second-order valence-electron chi connectivity index (χ2n) is 4.23. The van der Waals surface area contributed by atoms with Gasteiger partial charge in [0.15, 0.2) is 0 Å². The standard InChI is InChI=1S/C13H18F3NO2/c1-10(17)11-3-5-12(6-4-11)19-8-2-7-18-9-13(14,15)16/h3-6,10H,2,7-9,17H2,1H3/t10-/m0/s1. The predicted octanol–water partition coefficient (Wildman–Crippen LogP) is 3.05. The fourth-order valence-corrected chi connectivity index (χ4v) is 1.41. The molecule has 1 rings (SSSR count). The molecule has 0 aliphatic heterocycles. The average Bonchev–Trinajstić information content (AvgIpc) is 2.33. The molecule has 0 bridgehead atoms. The number of halogens is 3. The number of ether oxygens (including phenoxy) is 2. The Balaban J connectivity index is 2.16. The summed E-state index contributed by atoms with van der Waals surface area (Å²) in [6.45, 7) is 1.01. The van der Waals surface area contributed by atoms with Gasteiger partial charge in [-0.1, -0.05) is 12.1 Å². The Bertz CT molecular complexity index is 363. The van der Waals surface area contributed by atoms with E-state index in [-0.39, 0.29) is 12.6 Å². The van der Waals surface area contributed by atoms with Crippen LogP contribution in [0.25, 0.3) is 0 Å². The first kappa shape index (κ1) is 15.8. The number of hydrogen-bond donors (Lipinski definition) is 1. The van der Waals surface area contributed by atoms with E-state index >= 15 is 0 Å². The largest absolute Gasteiger partial charge is 0.494 e. The normalized spacial score (nSPS) is 13.3. The summed E-state index contributed by atoms with van der Waals surface area (Å²) in [5.74, 6) is 0.667. The molecule has 2 N–H and O–H groups in total. The summed E-state index contributed by atoms with van der Waals surface area (Å²) < 4.78 is 45.1. The Morgan fingerprint density at radius 3 is 2.32 bits per heavy atom. The molecule has 0 aliphatic rings. The monoisotopic (exact) mass is 277 g/mol. The summed E-state index contributed by atoms with van der Waals surface area (Å²) in [5.41, 5.74) is 6.71. The van der Waals surface area contributed by atoms with Gasteiger partial charge in [0.1, 0.15) is 12.4 Å². The smallest absolute Gasteiger partial charge is 0.411 e. The van der Waals surface area contributed by atoms with Gasteiger partial charge in [-0.3, -0.25) is 0 Å². The van der Waals surface area contributed by atoms with Crippen LogP contribution in [0.2, 0.25) is 0 Å². The molecule has 1 aromatic carbocycles. The molecule has 0 spiro atoms. The third kappa shape index (κ3) is 7.03. The topological polar surface area (TPSA) is 44.5 Å². The van der Waals surface area contributed by atoms with Crippen LogP contribution in [0.15, 0.2) is 24.3 Å². The molecule has 0 saturated heterocycles. The van der Waals surface area contributed by atoms with Gasteiger partial charge < -0.3 is 15.2 Å². The van der Waals surface area contributed by atoms with E-state index in [1.54, 1.807) is 12.1 Å². The van der Waals surface area contributed by atoms with Crippen molar-refractivity contribution in [2.45, 2.75) is 25.6 Å². The average molecular weight is 277 g/mol. The first-order valence-electron chi connectivity index (χ1n) is 6.01. The second-order valence-corrected chi connectivity index (χ2v) is 4.23. The van der Waals surface area contributed by atoms with Crippen molar-refractivity contribution in [2.75, 3.05) is 19.8 Å². The molecule has 0 unspecified atom stereocenters. The molecule has 19 heavy (non-hydrogen) atoms. The Morgan fingerprint density at radius 1 is 1.16 bits per heavy atom. The van der Waals surface area contributed by atoms with Crippen molar-refractivity contribution >= 4 is 0 Å². The Hall–Kier alpha value is -1.27. The quantitative estimate of drug-likeness (QED) is 0.779. The van der Waals surface area contributed by atoms with Crippen LogP contribution in [-0.2, 0) is 4.74 Å². The van der Waals surface area contributed by atoms with Crippen molar-refractivity contribution in [2.24, 2.45) is 5.73 Å². The maximum Gasteiger partial charge on any atom is 0.411 e. The molecule has 0 aliphatic carbocycles. The van der Waals surface area contributed by atoms with Crippen LogP contribution in [-0.4, -0.2) is 26.0 Å². The van der Waals surface area contributed by atoms with Gasteiger partial charge in [0.05, 0.1) is 13.2 Å². The lowest BCUT2D eigenvalue weighted by Crippen LogP contribution is -2.18. The minimum Gasteiger partial charge on any atom is -0.494 e. The lowest BCUT2D eigenvalue weighted by molar-refractivity contribution is -0.174. The number of rotatable bonds is 7. The van der Waals surface area contributed by atoms with E-state index in [0.29, 0.717) is 18.8 Å². The highest BCUT2D eigenvalue weighted by molar-refractivity contribution is 5.28. The summed E-state index contributed by atoms with van der Waals surface area (Å²) in [7, 11) is 0.